The van der Waals surface area contributed by atoms with E-state index < -0.39 is 5.56 Å². The summed E-state index contributed by atoms with van der Waals surface area (Å²) in [6, 6.07) is 20.6. The van der Waals surface area contributed by atoms with Gasteiger partial charge in [-0.25, -0.2) is 0 Å². The third-order valence-corrected chi connectivity index (χ3v) is 6.94. The minimum atomic E-state index is -0.460. The van der Waals surface area contributed by atoms with E-state index in [0.717, 1.165) is 0 Å². The molecule has 3 aromatic carbocycles. The molecule has 2 amide bonds. The van der Waals surface area contributed by atoms with Crippen LogP contribution >= 0.6 is 11.6 Å². The number of hydrogen-bond donors (Lipinski definition) is 1. The van der Waals surface area contributed by atoms with Crippen molar-refractivity contribution in [2.24, 2.45) is 0 Å². The van der Waals surface area contributed by atoms with Gasteiger partial charge < -0.3 is 24.6 Å². The van der Waals surface area contributed by atoms with Crippen LogP contribution in [0.1, 0.15) is 17.3 Å². The molecule has 1 saturated heterocycles. The summed E-state index contributed by atoms with van der Waals surface area (Å²) in [5.74, 6) is 1.15. The number of anilines is 2. The van der Waals surface area contributed by atoms with Gasteiger partial charge in [0.15, 0.2) is 11.4 Å². The lowest BCUT2D eigenvalue weighted by Gasteiger charge is -2.34. The number of rotatable bonds is 7. The van der Waals surface area contributed by atoms with E-state index in [-0.39, 0.29) is 23.3 Å². The Bertz CT molecular complexity index is 1610. The van der Waals surface area contributed by atoms with E-state index in [2.05, 4.69) is 10.4 Å². The quantitative estimate of drug-likeness (QED) is 0.340. The third-order valence-electron chi connectivity index (χ3n) is 6.69. The molecule has 1 fully saturated rings. The number of nitrogens with one attached hydrogen (secondary N) is 1. The van der Waals surface area contributed by atoms with Crippen molar-refractivity contribution in [1.29, 1.82) is 0 Å². The Morgan fingerprint density at radius 1 is 0.902 bits per heavy atom. The van der Waals surface area contributed by atoms with Gasteiger partial charge >= 0.3 is 0 Å². The highest BCUT2D eigenvalue weighted by Crippen LogP contribution is 2.30. The normalized spacial score (nSPS) is 13.0. The molecule has 1 N–H and O–H groups in total. The molecule has 4 aromatic rings. The monoisotopic (exact) mass is 573 g/mol. The summed E-state index contributed by atoms with van der Waals surface area (Å²) >= 11 is 6.02. The number of carbonyl (C=O) groups excluding carboxylic acids is 2. The number of benzene rings is 3. The molecule has 0 unspecified atom stereocenters. The van der Waals surface area contributed by atoms with Crippen LogP contribution in [0.5, 0.6) is 17.2 Å². The molecule has 210 valence electrons. The van der Waals surface area contributed by atoms with Gasteiger partial charge in [-0.15, -0.1) is 0 Å². The minimum Gasteiger partial charge on any atom is -0.497 e. The van der Waals surface area contributed by atoms with E-state index in [1.807, 2.05) is 0 Å². The first-order valence-corrected chi connectivity index (χ1v) is 13.3. The number of nitrogens with zero attached hydrogens (tertiary/aromatic N) is 4. The fourth-order valence-corrected chi connectivity index (χ4v) is 4.58. The molecule has 1 aliphatic heterocycles. The van der Waals surface area contributed by atoms with Crippen LogP contribution in [0.25, 0.3) is 5.69 Å². The van der Waals surface area contributed by atoms with Gasteiger partial charge in [-0.1, -0.05) is 17.7 Å². The second-order valence-electron chi connectivity index (χ2n) is 9.36. The number of ether oxygens (including phenoxy) is 2. The van der Waals surface area contributed by atoms with Crippen molar-refractivity contribution in [3.8, 4) is 22.9 Å². The van der Waals surface area contributed by atoms with E-state index in [1.54, 1.807) is 89.7 Å². The van der Waals surface area contributed by atoms with Crippen molar-refractivity contribution < 1.29 is 19.1 Å². The molecule has 5 rings (SSSR count). The lowest BCUT2D eigenvalue weighted by Crippen LogP contribution is -2.50. The van der Waals surface area contributed by atoms with Crippen LogP contribution < -0.4 is 20.3 Å². The molecular formula is C30H28ClN5O5. The number of aromatic nitrogens is 2. The Morgan fingerprint density at radius 2 is 1.56 bits per heavy atom. The maximum Gasteiger partial charge on any atom is 0.299 e. The fourth-order valence-electron chi connectivity index (χ4n) is 4.45. The molecule has 2 heterocycles. The smallest absolute Gasteiger partial charge is 0.299 e. The summed E-state index contributed by atoms with van der Waals surface area (Å²) in [5.41, 5.74) is 1.18. The van der Waals surface area contributed by atoms with Gasteiger partial charge in [-0.2, -0.15) is 9.78 Å². The first kappa shape index (κ1) is 27.7. The molecule has 1 aromatic heterocycles. The van der Waals surface area contributed by atoms with E-state index in [4.69, 9.17) is 21.1 Å². The molecule has 0 aliphatic carbocycles. The summed E-state index contributed by atoms with van der Waals surface area (Å²) in [6.45, 7) is 3.41. The van der Waals surface area contributed by atoms with Gasteiger partial charge in [0.05, 0.1) is 19.0 Å². The number of carbonyl (C=O) groups is 2. The largest absolute Gasteiger partial charge is 0.497 e. The summed E-state index contributed by atoms with van der Waals surface area (Å²) in [5, 5.41) is 8.03. The average Bonchev–Trinajstić information content (AvgIpc) is 3.00. The highest BCUT2D eigenvalue weighted by Gasteiger charge is 2.24. The second-order valence-corrected chi connectivity index (χ2v) is 9.80. The Labute approximate surface area is 241 Å². The average molecular weight is 574 g/mol. The van der Waals surface area contributed by atoms with Crippen LogP contribution in [0.15, 0.2) is 83.8 Å². The predicted octanol–water partition coefficient (Wildman–Crippen LogP) is 4.73. The second kappa shape index (κ2) is 12.1. The zero-order valence-corrected chi connectivity index (χ0v) is 23.3. The highest BCUT2D eigenvalue weighted by atomic mass is 35.5. The van der Waals surface area contributed by atoms with Gasteiger partial charge in [-0.3, -0.25) is 14.4 Å². The SMILES string of the molecule is COc1ccc(-n2ncc(Oc3ccc(Cl)cc3)c(Nc3cccc(C(=O)N4CCN(C(C)=O)CC4)c3)c2=O)cc1. The molecule has 0 radical (unpaired) electrons. The summed E-state index contributed by atoms with van der Waals surface area (Å²) in [4.78, 5) is 42.1. The summed E-state index contributed by atoms with van der Waals surface area (Å²) < 4.78 is 12.5. The molecule has 0 saturated carbocycles. The van der Waals surface area contributed by atoms with Crippen molar-refractivity contribution in [2.75, 3.05) is 38.6 Å². The maximum atomic E-state index is 13.7. The van der Waals surface area contributed by atoms with Crippen LogP contribution in [-0.2, 0) is 4.79 Å². The predicted molar refractivity (Wildman–Crippen MR) is 156 cm³/mol. The Morgan fingerprint density at radius 3 is 2.22 bits per heavy atom. The van der Waals surface area contributed by atoms with E-state index in [0.29, 0.717) is 59.6 Å². The molecular weight excluding hydrogens is 546 g/mol. The van der Waals surface area contributed by atoms with Gasteiger partial charge in [-0.05, 0) is 66.7 Å². The highest BCUT2D eigenvalue weighted by molar-refractivity contribution is 6.30. The van der Waals surface area contributed by atoms with Crippen LogP contribution in [-0.4, -0.2) is 64.7 Å². The van der Waals surface area contributed by atoms with Gasteiger partial charge in [0.2, 0.25) is 5.91 Å². The Kier molecular flexibility index (Phi) is 8.21. The van der Waals surface area contributed by atoms with Crippen molar-refractivity contribution in [1.82, 2.24) is 19.6 Å². The number of halogens is 1. The fraction of sp³-hybridized carbons (Fsp3) is 0.200. The first-order valence-electron chi connectivity index (χ1n) is 12.9. The number of methoxy groups -OCH3 is 1. The van der Waals surface area contributed by atoms with Gasteiger partial charge in [0.25, 0.3) is 11.5 Å². The standard InChI is InChI=1S/C30H28ClN5O5/c1-20(37)34-14-16-35(17-15-34)29(38)21-4-3-5-23(18-21)33-28-27(41-26-10-6-22(31)7-11-26)19-32-36(30(28)39)24-8-12-25(40-2)13-9-24/h3-13,18-19,33H,14-17H2,1-2H3. The van der Waals surface area contributed by atoms with Crippen molar-refractivity contribution in [3.63, 3.8) is 0 Å². The lowest BCUT2D eigenvalue weighted by atomic mass is 10.1. The zero-order chi connectivity index (χ0) is 28.9. The van der Waals surface area contributed by atoms with E-state index >= 15 is 0 Å². The van der Waals surface area contributed by atoms with E-state index in [1.165, 1.54) is 17.8 Å². The van der Waals surface area contributed by atoms with E-state index in [9.17, 15) is 14.4 Å². The van der Waals surface area contributed by atoms with Crippen molar-refractivity contribution in [2.45, 2.75) is 6.92 Å². The lowest BCUT2D eigenvalue weighted by molar-refractivity contribution is -0.130. The molecule has 41 heavy (non-hydrogen) atoms. The van der Waals surface area contributed by atoms with Gasteiger partial charge in [0.1, 0.15) is 11.5 Å². The van der Waals surface area contributed by atoms with Crippen LogP contribution in [0.2, 0.25) is 5.02 Å². The molecule has 10 nitrogen and oxygen atoms in total. The number of amides is 2. The molecule has 11 heteroatoms. The molecule has 0 bridgehead atoms. The van der Waals surface area contributed by atoms with Crippen LogP contribution in [0.3, 0.4) is 0 Å². The molecule has 1 aliphatic rings. The topological polar surface area (TPSA) is 106 Å². The molecule has 0 atom stereocenters. The van der Waals surface area contributed by atoms with Crippen LogP contribution in [0.4, 0.5) is 11.4 Å². The zero-order valence-electron chi connectivity index (χ0n) is 22.5. The molecule has 0 spiro atoms. The Hall–Kier alpha value is -4.83. The summed E-state index contributed by atoms with van der Waals surface area (Å²) in [6.07, 6.45) is 1.45. The third kappa shape index (κ3) is 6.33. The van der Waals surface area contributed by atoms with Crippen LogP contribution in [0, 0.1) is 0 Å². The first-order chi connectivity index (χ1) is 19.8. The maximum absolute atomic E-state index is 13.7. The minimum absolute atomic E-state index is 0.00225. The number of hydrogen-bond acceptors (Lipinski definition) is 7. The van der Waals surface area contributed by atoms with Crippen molar-refractivity contribution >= 4 is 34.8 Å². The van der Waals surface area contributed by atoms with Gasteiger partial charge in [0, 0.05) is 49.4 Å². The van der Waals surface area contributed by atoms with Crippen molar-refractivity contribution in [3.05, 3.63) is 99.9 Å². The summed E-state index contributed by atoms with van der Waals surface area (Å²) in [7, 11) is 1.56. The Balaban J connectivity index is 1.46. The number of piperazine rings is 1.